The molecule has 0 fully saturated rings. The number of benzene rings is 1. The van der Waals surface area contributed by atoms with Crippen molar-refractivity contribution >= 4 is 34.4 Å². The van der Waals surface area contributed by atoms with Crippen LogP contribution in [0, 0.1) is 16.3 Å². The van der Waals surface area contributed by atoms with E-state index in [9.17, 15) is 9.18 Å². The van der Waals surface area contributed by atoms with Gasteiger partial charge in [-0.25, -0.2) is 14.2 Å². The number of carbonyl (C=O) groups is 1. The lowest BCUT2D eigenvalue weighted by molar-refractivity contribution is 0.0496. The van der Waals surface area contributed by atoms with E-state index in [1.165, 1.54) is 18.2 Å². The fraction of sp³-hybridized carbons (Fsp3) is 0.368. The Balaban J connectivity index is 1.66. The van der Waals surface area contributed by atoms with E-state index in [1.807, 2.05) is 47.7 Å². The number of nitrogens with zero attached hydrogens (tertiary/aromatic N) is 1. The number of aromatic nitrogens is 1. The van der Waals surface area contributed by atoms with Crippen molar-refractivity contribution in [2.75, 3.05) is 11.9 Å². The first-order valence-electron chi connectivity index (χ1n) is 8.28. The highest BCUT2D eigenvalue weighted by Crippen LogP contribution is 2.15. The second-order valence-electron chi connectivity index (χ2n) is 5.97. The van der Waals surface area contributed by atoms with Gasteiger partial charge < -0.3 is 10.1 Å². The Morgan fingerprint density at radius 2 is 2.12 bits per heavy atom. The normalized spacial score (nSPS) is 11.8. The first-order chi connectivity index (χ1) is 12.0. The third kappa shape index (κ3) is 6.61. The number of esters is 1. The third-order valence-electron chi connectivity index (χ3n) is 3.70. The Bertz CT molecular complexity index is 724. The average molecular weight is 456 g/mol. The number of pyridine rings is 1. The smallest absolute Gasteiger partial charge is 0.339 e. The maximum atomic E-state index is 13.0. The van der Waals surface area contributed by atoms with E-state index < -0.39 is 5.97 Å². The van der Waals surface area contributed by atoms with E-state index >= 15 is 0 Å². The topological polar surface area (TPSA) is 51.2 Å². The molecule has 4 nitrogen and oxygen atoms in total. The number of unbranched alkanes of at least 4 members (excludes halogenated alkanes) is 1. The molecule has 1 aromatic heterocycles. The Labute approximate surface area is 161 Å². The van der Waals surface area contributed by atoms with E-state index in [1.54, 1.807) is 0 Å². The summed E-state index contributed by atoms with van der Waals surface area (Å²) in [5.41, 5.74) is 1.39. The first-order valence-corrected chi connectivity index (χ1v) is 9.36. The quantitative estimate of drug-likeness (QED) is 0.347. The fourth-order valence-corrected chi connectivity index (χ4v) is 3.10. The van der Waals surface area contributed by atoms with Gasteiger partial charge in [0.1, 0.15) is 11.6 Å². The molecule has 2 rings (SSSR count). The molecule has 1 heterocycles. The zero-order valence-electron chi connectivity index (χ0n) is 14.4. The predicted molar refractivity (Wildman–Crippen MR) is 105 cm³/mol. The number of ether oxygens (including phenoxy) is 1. The summed E-state index contributed by atoms with van der Waals surface area (Å²) in [6, 6.07) is 10.2. The summed E-state index contributed by atoms with van der Waals surface area (Å²) in [4.78, 5) is 16.4. The molecule has 6 heteroatoms. The molecule has 0 aliphatic carbocycles. The minimum Gasteiger partial charge on any atom is -0.462 e. The molecule has 0 bridgehead atoms. The summed E-state index contributed by atoms with van der Waals surface area (Å²) in [7, 11) is 0. The van der Waals surface area contributed by atoms with Crippen LogP contribution in [0.25, 0.3) is 0 Å². The van der Waals surface area contributed by atoms with Gasteiger partial charge in [-0.3, -0.25) is 0 Å². The molecule has 0 amide bonds. The molecule has 1 atom stereocenters. The number of hydrogen-bond donors (Lipinski definition) is 1. The second-order valence-corrected chi connectivity index (χ2v) is 7.13. The Kier molecular flexibility index (Phi) is 7.61. The number of halogens is 2. The van der Waals surface area contributed by atoms with Crippen LogP contribution in [0.15, 0.2) is 36.4 Å². The van der Waals surface area contributed by atoms with E-state index in [4.69, 9.17) is 4.74 Å². The lowest BCUT2D eigenvalue weighted by Gasteiger charge is -2.14. The van der Waals surface area contributed by atoms with Gasteiger partial charge in [0.05, 0.1) is 12.2 Å². The van der Waals surface area contributed by atoms with Gasteiger partial charge in [0.2, 0.25) is 0 Å². The zero-order valence-corrected chi connectivity index (χ0v) is 16.5. The molecule has 134 valence electrons. The number of nitrogens with one attached hydrogen (secondary N) is 1. The van der Waals surface area contributed by atoms with Crippen molar-refractivity contribution in [3.05, 3.63) is 57.0 Å². The summed E-state index contributed by atoms with van der Waals surface area (Å²) in [5, 5.41) is 3.37. The third-order valence-corrected chi connectivity index (χ3v) is 4.59. The van der Waals surface area contributed by atoms with Gasteiger partial charge in [-0.1, -0.05) is 6.07 Å². The average Bonchev–Trinajstić information content (AvgIpc) is 2.54. The number of hydrogen-bond acceptors (Lipinski definition) is 4. The molecule has 1 N–H and O–H groups in total. The van der Waals surface area contributed by atoms with Crippen molar-refractivity contribution in [2.45, 2.75) is 39.2 Å². The van der Waals surface area contributed by atoms with Gasteiger partial charge in [-0.2, -0.15) is 0 Å². The minimum atomic E-state index is -0.403. The molecule has 1 aromatic carbocycles. The van der Waals surface area contributed by atoms with Gasteiger partial charge in [-0.05, 0) is 86.0 Å². The standard InChI is InChI=1S/C19H22FIN2O2/c1-13(22-18-8-5-7-14(2)23-18)6-3-4-11-25-19(24)16-10-9-15(20)12-17(16)21/h5,7-10,12-13H,3-4,6,11H2,1-2H3,(H,22,23)/t13-/m0/s1. The molecule has 0 aliphatic heterocycles. The molecule has 0 saturated heterocycles. The summed E-state index contributed by atoms with van der Waals surface area (Å²) in [6.07, 6.45) is 2.69. The highest BCUT2D eigenvalue weighted by Gasteiger charge is 2.12. The van der Waals surface area contributed by atoms with Crippen LogP contribution in [-0.2, 0) is 4.74 Å². The van der Waals surface area contributed by atoms with Crippen LogP contribution in [-0.4, -0.2) is 23.6 Å². The molecule has 2 aromatic rings. The number of carbonyl (C=O) groups excluding carboxylic acids is 1. The van der Waals surface area contributed by atoms with E-state index in [0.29, 0.717) is 21.8 Å². The number of aryl methyl sites for hydroxylation is 1. The molecule has 0 radical (unpaired) electrons. The lowest BCUT2D eigenvalue weighted by Crippen LogP contribution is -2.16. The van der Waals surface area contributed by atoms with Crippen molar-refractivity contribution in [1.82, 2.24) is 4.98 Å². The van der Waals surface area contributed by atoms with Crippen LogP contribution in [0.2, 0.25) is 0 Å². The molecule has 0 unspecified atom stereocenters. The molecular weight excluding hydrogens is 434 g/mol. The number of rotatable bonds is 8. The van der Waals surface area contributed by atoms with Gasteiger partial charge in [0.25, 0.3) is 0 Å². The summed E-state index contributed by atoms with van der Waals surface area (Å²) < 4.78 is 18.9. The second kappa shape index (κ2) is 9.70. The first kappa shape index (κ1) is 19.6. The van der Waals surface area contributed by atoms with E-state index in [-0.39, 0.29) is 5.82 Å². The molecule has 25 heavy (non-hydrogen) atoms. The Morgan fingerprint density at radius 1 is 1.32 bits per heavy atom. The van der Waals surface area contributed by atoms with E-state index in [0.717, 1.165) is 30.8 Å². The summed E-state index contributed by atoms with van der Waals surface area (Å²) in [5.74, 6) is 0.120. The predicted octanol–water partition coefficient (Wildman–Crippen LogP) is 4.96. The zero-order chi connectivity index (χ0) is 18.2. The maximum Gasteiger partial charge on any atom is 0.339 e. The molecule has 0 spiro atoms. The highest BCUT2D eigenvalue weighted by atomic mass is 127. The van der Waals surface area contributed by atoms with Crippen molar-refractivity contribution in [2.24, 2.45) is 0 Å². The SMILES string of the molecule is Cc1cccc(N[C@@H](C)CCCCOC(=O)c2ccc(F)cc2I)n1. The molecule has 0 saturated carbocycles. The largest absolute Gasteiger partial charge is 0.462 e. The molecule has 0 aliphatic rings. The lowest BCUT2D eigenvalue weighted by atomic mass is 10.1. The van der Waals surface area contributed by atoms with Gasteiger partial charge in [0, 0.05) is 15.3 Å². The monoisotopic (exact) mass is 456 g/mol. The minimum absolute atomic E-state index is 0.294. The summed E-state index contributed by atoms with van der Waals surface area (Å²) >= 11 is 1.94. The van der Waals surface area contributed by atoms with Crippen LogP contribution >= 0.6 is 22.6 Å². The molecular formula is C19H22FIN2O2. The van der Waals surface area contributed by atoms with E-state index in [2.05, 4.69) is 17.2 Å². The maximum absolute atomic E-state index is 13.0. The van der Waals surface area contributed by atoms with Crippen molar-refractivity contribution in [3.63, 3.8) is 0 Å². The number of anilines is 1. The van der Waals surface area contributed by atoms with Crippen LogP contribution in [0.3, 0.4) is 0 Å². The Morgan fingerprint density at radius 3 is 2.84 bits per heavy atom. The van der Waals surface area contributed by atoms with Crippen LogP contribution in [0.5, 0.6) is 0 Å². The van der Waals surface area contributed by atoms with Crippen LogP contribution < -0.4 is 5.32 Å². The van der Waals surface area contributed by atoms with Gasteiger partial charge >= 0.3 is 5.97 Å². The fourth-order valence-electron chi connectivity index (χ4n) is 2.40. The van der Waals surface area contributed by atoms with Crippen LogP contribution in [0.1, 0.15) is 42.2 Å². The summed E-state index contributed by atoms with van der Waals surface area (Å²) in [6.45, 7) is 4.44. The van der Waals surface area contributed by atoms with Crippen molar-refractivity contribution < 1.29 is 13.9 Å². The van der Waals surface area contributed by atoms with Gasteiger partial charge in [-0.15, -0.1) is 0 Å². The highest BCUT2D eigenvalue weighted by molar-refractivity contribution is 14.1. The van der Waals surface area contributed by atoms with Gasteiger partial charge in [0.15, 0.2) is 0 Å². The van der Waals surface area contributed by atoms with Crippen molar-refractivity contribution in [3.8, 4) is 0 Å². The van der Waals surface area contributed by atoms with Crippen LogP contribution in [0.4, 0.5) is 10.2 Å². The van der Waals surface area contributed by atoms with Crippen molar-refractivity contribution in [1.29, 1.82) is 0 Å². The Hall–Kier alpha value is -1.70.